The van der Waals surface area contributed by atoms with Crippen molar-refractivity contribution in [1.29, 1.82) is 0 Å². The van der Waals surface area contributed by atoms with Gasteiger partial charge in [-0.2, -0.15) is 0 Å². The van der Waals surface area contributed by atoms with Gasteiger partial charge in [0.15, 0.2) is 0 Å². The van der Waals surface area contributed by atoms with Gasteiger partial charge in [-0.3, -0.25) is 9.59 Å². The van der Waals surface area contributed by atoms with E-state index in [1.165, 1.54) is 12.1 Å². The molecule has 2 unspecified atom stereocenters. The highest BCUT2D eigenvalue weighted by molar-refractivity contribution is 5.99. The number of aliphatic carboxylic acids is 1. The van der Waals surface area contributed by atoms with Crippen LogP contribution in [0.4, 0.5) is 10.1 Å². The van der Waals surface area contributed by atoms with E-state index in [-0.39, 0.29) is 11.8 Å². The van der Waals surface area contributed by atoms with Crippen LogP contribution < -0.4 is 10.1 Å². The number of ether oxygens (including phenoxy) is 1. The van der Waals surface area contributed by atoms with Crippen molar-refractivity contribution >= 4 is 17.6 Å². The lowest BCUT2D eigenvalue weighted by Crippen LogP contribution is -2.18. The fourth-order valence-corrected chi connectivity index (χ4v) is 1.94. The Morgan fingerprint density at radius 2 is 2.10 bits per heavy atom. The minimum absolute atomic E-state index is 0.121. The number of carbonyl (C=O) groups excluding carboxylic acids is 1. The van der Waals surface area contributed by atoms with Crippen LogP contribution in [0.3, 0.4) is 0 Å². The molecular formula is C14H16FNO4. The van der Waals surface area contributed by atoms with Gasteiger partial charge in [0.1, 0.15) is 11.6 Å². The molecule has 1 aromatic rings. The third-order valence-corrected chi connectivity index (χ3v) is 3.01. The molecule has 0 radical (unpaired) electrons. The zero-order valence-corrected chi connectivity index (χ0v) is 11.2. The van der Waals surface area contributed by atoms with Crippen molar-refractivity contribution in [3.8, 4) is 5.75 Å². The Morgan fingerprint density at radius 3 is 2.65 bits per heavy atom. The highest BCUT2D eigenvalue weighted by Gasteiger charge is 2.48. The molecule has 0 bridgehead atoms. The number of carboxylic acids is 1. The summed E-state index contributed by atoms with van der Waals surface area (Å²) >= 11 is 0. The maximum absolute atomic E-state index is 13.3. The fourth-order valence-electron chi connectivity index (χ4n) is 1.94. The molecule has 108 valence electrons. The van der Waals surface area contributed by atoms with E-state index in [0.717, 1.165) is 6.07 Å². The zero-order chi connectivity index (χ0) is 14.9. The Bertz CT molecular complexity index is 544. The van der Waals surface area contributed by atoms with Crippen molar-refractivity contribution < 1.29 is 23.8 Å². The topological polar surface area (TPSA) is 75.6 Å². The number of hydrogen-bond acceptors (Lipinski definition) is 3. The quantitative estimate of drug-likeness (QED) is 0.868. The fraction of sp³-hybridized carbons (Fsp3) is 0.429. The van der Waals surface area contributed by atoms with Gasteiger partial charge < -0.3 is 15.2 Å². The number of benzene rings is 1. The molecule has 1 saturated carbocycles. The van der Waals surface area contributed by atoms with Crippen LogP contribution in [0.15, 0.2) is 18.2 Å². The number of amides is 1. The molecule has 0 aromatic heterocycles. The van der Waals surface area contributed by atoms with Crippen molar-refractivity contribution in [3.63, 3.8) is 0 Å². The number of halogens is 1. The normalized spacial score (nSPS) is 20.6. The van der Waals surface area contributed by atoms with E-state index < -0.39 is 29.5 Å². The van der Waals surface area contributed by atoms with Gasteiger partial charge in [-0.15, -0.1) is 0 Å². The van der Waals surface area contributed by atoms with E-state index in [4.69, 9.17) is 9.84 Å². The summed E-state index contributed by atoms with van der Waals surface area (Å²) in [5.74, 6) is -2.73. The van der Waals surface area contributed by atoms with E-state index in [1.54, 1.807) is 0 Å². The van der Waals surface area contributed by atoms with Crippen LogP contribution in [0.5, 0.6) is 5.75 Å². The van der Waals surface area contributed by atoms with Crippen LogP contribution >= 0.6 is 0 Å². The maximum Gasteiger partial charge on any atom is 0.307 e. The third-order valence-electron chi connectivity index (χ3n) is 3.01. The van der Waals surface area contributed by atoms with Gasteiger partial charge in [0.2, 0.25) is 5.91 Å². The summed E-state index contributed by atoms with van der Waals surface area (Å²) < 4.78 is 18.7. The molecule has 0 aliphatic heterocycles. The smallest absolute Gasteiger partial charge is 0.307 e. The Hall–Kier alpha value is -2.11. The standard InChI is InChI=1S/C14H16FNO4/c1-7(2)20-12-4-3-8(15)5-11(12)16-13(17)9-6-10(9)14(18)19/h3-5,7,9-10H,6H2,1-2H3,(H,16,17)(H,18,19). The molecule has 1 aliphatic carbocycles. The Kier molecular flexibility index (Phi) is 3.92. The molecule has 2 atom stereocenters. The van der Waals surface area contributed by atoms with Crippen molar-refractivity contribution in [2.45, 2.75) is 26.4 Å². The van der Waals surface area contributed by atoms with E-state index in [0.29, 0.717) is 12.2 Å². The van der Waals surface area contributed by atoms with E-state index in [2.05, 4.69) is 5.32 Å². The second kappa shape index (κ2) is 5.48. The predicted molar refractivity (Wildman–Crippen MR) is 70.0 cm³/mol. The van der Waals surface area contributed by atoms with E-state index in [9.17, 15) is 14.0 Å². The Labute approximate surface area is 115 Å². The average molecular weight is 281 g/mol. The lowest BCUT2D eigenvalue weighted by atomic mass is 10.2. The van der Waals surface area contributed by atoms with Gasteiger partial charge in [-0.25, -0.2) is 4.39 Å². The summed E-state index contributed by atoms with van der Waals surface area (Å²) in [4.78, 5) is 22.6. The summed E-state index contributed by atoms with van der Waals surface area (Å²) in [6, 6.07) is 3.84. The van der Waals surface area contributed by atoms with Gasteiger partial charge in [-0.05, 0) is 32.4 Å². The molecule has 20 heavy (non-hydrogen) atoms. The molecule has 2 rings (SSSR count). The first-order valence-electron chi connectivity index (χ1n) is 6.38. The van der Waals surface area contributed by atoms with Gasteiger partial charge in [0.25, 0.3) is 0 Å². The van der Waals surface area contributed by atoms with Crippen LogP contribution in [-0.2, 0) is 9.59 Å². The Morgan fingerprint density at radius 1 is 1.40 bits per heavy atom. The van der Waals surface area contributed by atoms with Crippen LogP contribution in [0.25, 0.3) is 0 Å². The van der Waals surface area contributed by atoms with Crippen molar-refractivity contribution in [1.82, 2.24) is 0 Å². The van der Waals surface area contributed by atoms with Gasteiger partial charge >= 0.3 is 5.97 Å². The number of anilines is 1. The maximum atomic E-state index is 13.3. The second-order valence-electron chi connectivity index (χ2n) is 5.08. The molecule has 0 saturated heterocycles. The Balaban J connectivity index is 2.10. The average Bonchev–Trinajstić information content (AvgIpc) is 3.12. The van der Waals surface area contributed by atoms with E-state index >= 15 is 0 Å². The molecule has 1 fully saturated rings. The number of rotatable bonds is 5. The number of hydrogen-bond donors (Lipinski definition) is 2. The number of nitrogens with one attached hydrogen (secondary N) is 1. The van der Waals surface area contributed by atoms with Gasteiger partial charge in [0.05, 0.1) is 23.6 Å². The third kappa shape index (κ3) is 3.26. The largest absolute Gasteiger partial charge is 0.489 e. The lowest BCUT2D eigenvalue weighted by molar-refractivity contribution is -0.139. The minimum atomic E-state index is -0.983. The molecule has 0 spiro atoms. The van der Waals surface area contributed by atoms with Crippen LogP contribution in [-0.4, -0.2) is 23.1 Å². The van der Waals surface area contributed by atoms with Crippen molar-refractivity contribution in [3.05, 3.63) is 24.0 Å². The monoisotopic (exact) mass is 281 g/mol. The molecular weight excluding hydrogens is 265 g/mol. The SMILES string of the molecule is CC(C)Oc1ccc(F)cc1NC(=O)C1CC1C(=O)O. The van der Waals surface area contributed by atoms with Crippen molar-refractivity contribution in [2.24, 2.45) is 11.8 Å². The molecule has 1 aromatic carbocycles. The highest BCUT2D eigenvalue weighted by Crippen LogP contribution is 2.40. The first-order chi connectivity index (χ1) is 9.38. The molecule has 5 nitrogen and oxygen atoms in total. The summed E-state index contributed by atoms with van der Waals surface area (Å²) in [6.07, 6.45) is 0.195. The predicted octanol–water partition coefficient (Wildman–Crippen LogP) is 2.27. The molecule has 1 amide bonds. The number of carboxylic acid groups (broad SMARTS) is 1. The molecule has 1 aliphatic rings. The minimum Gasteiger partial charge on any atom is -0.489 e. The van der Waals surface area contributed by atoms with Crippen LogP contribution in [0.1, 0.15) is 20.3 Å². The zero-order valence-electron chi connectivity index (χ0n) is 11.2. The van der Waals surface area contributed by atoms with E-state index in [1.807, 2.05) is 13.8 Å². The second-order valence-corrected chi connectivity index (χ2v) is 5.08. The number of carbonyl (C=O) groups is 2. The summed E-state index contributed by atoms with van der Waals surface area (Å²) in [7, 11) is 0. The molecule has 2 N–H and O–H groups in total. The highest BCUT2D eigenvalue weighted by atomic mass is 19.1. The van der Waals surface area contributed by atoms with Crippen molar-refractivity contribution in [2.75, 3.05) is 5.32 Å². The first-order valence-corrected chi connectivity index (χ1v) is 6.38. The summed E-state index contributed by atoms with van der Waals surface area (Å²) in [6.45, 7) is 3.63. The molecule has 0 heterocycles. The summed E-state index contributed by atoms with van der Waals surface area (Å²) in [5, 5.41) is 11.3. The van der Waals surface area contributed by atoms with Crippen LogP contribution in [0.2, 0.25) is 0 Å². The van der Waals surface area contributed by atoms with Gasteiger partial charge in [-0.1, -0.05) is 0 Å². The first kappa shape index (κ1) is 14.3. The van der Waals surface area contributed by atoms with Gasteiger partial charge in [0, 0.05) is 6.07 Å². The lowest BCUT2D eigenvalue weighted by Gasteiger charge is -2.15. The van der Waals surface area contributed by atoms with Crippen LogP contribution in [0, 0.1) is 17.7 Å². The molecule has 6 heteroatoms. The summed E-state index contributed by atoms with van der Waals surface area (Å²) in [5.41, 5.74) is 0.222.